The lowest BCUT2D eigenvalue weighted by atomic mass is 10.1. The number of nitro groups is 1. The Morgan fingerprint density at radius 2 is 1.88 bits per heavy atom. The van der Waals surface area contributed by atoms with Gasteiger partial charge >= 0.3 is 0 Å². The van der Waals surface area contributed by atoms with Crippen molar-refractivity contribution in [3.8, 4) is 17.6 Å². The minimum absolute atomic E-state index is 0.327. The summed E-state index contributed by atoms with van der Waals surface area (Å²) in [4.78, 5) is 22.7. The molecule has 3 aromatic rings. The van der Waals surface area contributed by atoms with Crippen LogP contribution in [0.15, 0.2) is 72.3 Å². The van der Waals surface area contributed by atoms with Crippen LogP contribution in [0.25, 0.3) is 6.08 Å². The summed E-state index contributed by atoms with van der Waals surface area (Å²) in [6, 6.07) is 19.0. The summed E-state index contributed by atoms with van der Waals surface area (Å²) in [5.41, 5.74) is 0.324. The predicted octanol–water partition coefficient (Wildman–Crippen LogP) is 5.26. The van der Waals surface area contributed by atoms with Crippen molar-refractivity contribution in [2.24, 2.45) is 0 Å². The number of hydrogen-bond donors (Lipinski definition) is 1. The molecular weight excluding hydrogens is 441 g/mol. The van der Waals surface area contributed by atoms with Gasteiger partial charge in [-0.05, 0) is 42.3 Å². The average Bonchev–Trinajstić information content (AvgIpc) is 2.84. The summed E-state index contributed by atoms with van der Waals surface area (Å²) in [5.74, 6) is -0.863. The Labute approximate surface area is 195 Å². The van der Waals surface area contributed by atoms with Crippen LogP contribution in [0.1, 0.15) is 18.1 Å². The number of carbonyl (C=O) groups is 1. The van der Waals surface area contributed by atoms with Crippen molar-refractivity contribution in [1.29, 1.82) is 5.26 Å². The molecule has 8 nitrogen and oxygen atoms in total. The van der Waals surface area contributed by atoms with E-state index < -0.39 is 28.0 Å². The van der Waals surface area contributed by atoms with Crippen LogP contribution in [0.3, 0.4) is 0 Å². The second-order valence-corrected chi connectivity index (χ2v) is 6.96. The largest absolute Gasteiger partial charge is 0.490 e. The van der Waals surface area contributed by atoms with Gasteiger partial charge in [0.15, 0.2) is 11.5 Å². The number of nitrogens with one attached hydrogen (secondary N) is 1. The van der Waals surface area contributed by atoms with Crippen molar-refractivity contribution in [3.05, 3.63) is 99.4 Å². The van der Waals surface area contributed by atoms with Crippen molar-refractivity contribution in [2.45, 2.75) is 13.5 Å². The summed E-state index contributed by atoms with van der Waals surface area (Å²) >= 11 is 0. The Morgan fingerprint density at radius 3 is 2.56 bits per heavy atom. The van der Waals surface area contributed by atoms with Crippen LogP contribution in [-0.4, -0.2) is 17.4 Å². The molecule has 1 N–H and O–H groups in total. The Morgan fingerprint density at radius 1 is 1.12 bits per heavy atom. The van der Waals surface area contributed by atoms with E-state index in [1.54, 1.807) is 24.3 Å². The molecule has 9 heteroatoms. The van der Waals surface area contributed by atoms with Gasteiger partial charge in [0.05, 0.1) is 17.2 Å². The summed E-state index contributed by atoms with van der Waals surface area (Å²) in [7, 11) is 0. The van der Waals surface area contributed by atoms with Gasteiger partial charge < -0.3 is 14.8 Å². The van der Waals surface area contributed by atoms with E-state index in [2.05, 4.69) is 5.32 Å². The number of anilines is 1. The number of nitriles is 1. The molecular formula is C25H20FN3O5. The molecule has 0 aliphatic heterocycles. The SMILES string of the molecule is CCOc1cc(C=C(C#N)C(=O)Nc2cc([N+](=O)[O-])ccc2F)ccc1OCc1ccccc1. The maximum atomic E-state index is 14.0. The third kappa shape index (κ3) is 6.17. The Hall–Kier alpha value is -4.71. The second-order valence-electron chi connectivity index (χ2n) is 6.96. The van der Waals surface area contributed by atoms with Crippen LogP contribution < -0.4 is 14.8 Å². The number of rotatable bonds is 9. The number of carbonyl (C=O) groups excluding carboxylic acids is 1. The number of amides is 1. The fourth-order valence-corrected chi connectivity index (χ4v) is 2.96. The third-order valence-electron chi connectivity index (χ3n) is 4.59. The van der Waals surface area contributed by atoms with Crippen molar-refractivity contribution in [1.82, 2.24) is 0 Å². The second kappa shape index (κ2) is 11.2. The smallest absolute Gasteiger partial charge is 0.271 e. The molecule has 0 unspecified atom stereocenters. The molecule has 0 radical (unpaired) electrons. The lowest BCUT2D eigenvalue weighted by molar-refractivity contribution is -0.384. The highest BCUT2D eigenvalue weighted by atomic mass is 19.1. The van der Waals surface area contributed by atoms with E-state index in [9.17, 15) is 24.6 Å². The zero-order chi connectivity index (χ0) is 24.5. The minimum atomic E-state index is -0.913. The number of ether oxygens (including phenoxy) is 2. The van der Waals surface area contributed by atoms with Crippen LogP contribution in [0.4, 0.5) is 15.8 Å². The van der Waals surface area contributed by atoms with Gasteiger partial charge in [-0.1, -0.05) is 36.4 Å². The number of hydrogen-bond acceptors (Lipinski definition) is 6. The molecule has 0 spiro atoms. The molecule has 0 aliphatic rings. The van der Waals surface area contributed by atoms with Crippen molar-refractivity contribution in [2.75, 3.05) is 11.9 Å². The molecule has 0 atom stereocenters. The average molecular weight is 461 g/mol. The van der Waals surface area contributed by atoms with Gasteiger partial charge in [-0.25, -0.2) is 4.39 Å². The molecule has 0 saturated heterocycles. The number of nitro benzene ring substituents is 1. The molecule has 0 heterocycles. The lowest BCUT2D eigenvalue weighted by Crippen LogP contribution is -2.14. The Bertz CT molecular complexity index is 1270. The zero-order valence-electron chi connectivity index (χ0n) is 18.2. The fourth-order valence-electron chi connectivity index (χ4n) is 2.96. The van der Waals surface area contributed by atoms with Crippen LogP contribution in [0.5, 0.6) is 11.5 Å². The maximum Gasteiger partial charge on any atom is 0.271 e. The van der Waals surface area contributed by atoms with E-state index in [0.717, 1.165) is 23.8 Å². The fraction of sp³-hybridized carbons (Fsp3) is 0.120. The molecule has 172 valence electrons. The van der Waals surface area contributed by atoms with Gasteiger partial charge in [-0.15, -0.1) is 0 Å². The van der Waals surface area contributed by atoms with Gasteiger partial charge in [0.25, 0.3) is 11.6 Å². The van der Waals surface area contributed by atoms with Gasteiger partial charge in [0.2, 0.25) is 0 Å². The number of non-ortho nitro benzene ring substituents is 1. The van der Waals surface area contributed by atoms with Crippen molar-refractivity contribution < 1.29 is 23.6 Å². The topological polar surface area (TPSA) is 114 Å². The van der Waals surface area contributed by atoms with E-state index in [1.807, 2.05) is 37.3 Å². The highest BCUT2D eigenvalue weighted by Crippen LogP contribution is 2.30. The van der Waals surface area contributed by atoms with E-state index in [0.29, 0.717) is 30.3 Å². The first kappa shape index (κ1) is 23.9. The van der Waals surface area contributed by atoms with E-state index >= 15 is 0 Å². The molecule has 0 saturated carbocycles. The Balaban J connectivity index is 1.81. The van der Waals surface area contributed by atoms with Crippen LogP contribution >= 0.6 is 0 Å². The maximum absolute atomic E-state index is 14.0. The third-order valence-corrected chi connectivity index (χ3v) is 4.59. The molecule has 0 aliphatic carbocycles. The van der Waals surface area contributed by atoms with Crippen molar-refractivity contribution in [3.63, 3.8) is 0 Å². The summed E-state index contributed by atoms with van der Waals surface area (Å²) in [6.45, 7) is 2.51. The van der Waals surface area contributed by atoms with Gasteiger partial charge in [-0.3, -0.25) is 14.9 Å². The van der Waals surface area contributed by atoms with Gasteiger partial charge in [-0.2, -0.15) is 5.26 Å². The lowest BCUT2D eigenvalue weighted by Gasteiger charge is -2.13. The monoisotopic (exact) mass is 461 g/mol. The minimum Gasteiger partial charge on any atom is -0.490 e. The number of halogens is 1. The molecule has 0 fully saturated rings. The van der Waals surface area contributed by atoms with Gasteiger partial charge in [0, 0.05) is 12.1 Å². The van der Waals surface area contributed by atoms with E-state index in [4.69, 9.17) is 9.47 Å². The molecule has 3 rings (SSSR count). The molecule has 0 bridgehead atoms. The Kier molecular flexibility index (Phi) is 7.92. The highest BCUT2D eigenvalue weighted by molar-refractivity contribution is 6.09. The first-order valence-electron chi connectivity index (χ1n) is 10.2. The molecule has 3 aromatic carbocycles. The summed E-state index contributed by atoms with van der Waals surface area (Å²) in [6.07, 6.45) is 1.30. The molecule has 0 aromatic heterocycles. The van der Waals surface area contributed by atoms with Crippen LogP contribution in [0.2, 0.25) is 0 Å². The van der Waals surface area contributed by atoms with E-state index in [-0.39, 0.29) is 5.57 Å². The molecule has 34 heavy (non-hydrogen) atoms. The normalized spacial score (nSPS) is 10.8. The zero-order valence-corrected chi connectivity index (χ0v) is 18.2. The quantitative estimate of drug-likeness (QED) is 0.201. The van der Waals surface area contributed by atoms with Crippen molar-refractivity contribution >= 4 is 23.4 Å². The van der Waals surface area contributed by atoms with E-state index in [1.165, 1.54) is 6.08 Å². The highest BCUT2D eigenvalue weighted by Gasteiger charge is 2.16. The summed E-state index contributed by atoms with van der Waals surface area (Å²) < 4.78 is 25.5. The summed E-state index contributed by atoms with van der Waals surface area (Å²) in [5, 5.41) is 22.6. The number of nitrogens with zero attached hydrogens (tertiary/aromatic N) is 2. The van der Waals surface area contributed by atoms with Gasteiger partial charge in [0.1, 0.15) is 24.1 Å². The van der Waals surface area contributed by atoms with Crippen LogP contribution in [-0.2, 0) is 11.4 Å². The van der Waals surface area contributed by atoms with Crippen LogP contribution in [0, 0.1) is 27.3 Å². The predicted molar refractivity (Wildman–Crippen MR) is 124 cm³/mol. The first-order valence-corrected chi connectivity index (χ1v) is 10.2. The number of benzene rings is 3. The molecule has 1 amide bonds. The first-order chi connectivity index (χ1) is 16.4. The standard InChI is InChI=1S/C25H20FN3O5/c1-2-33-24-13-18(8-11-23(24)34-16-17-6-4-3-5-7-17)12-19(15-27)25(30)28-22-14-20(29(31)32)9-10-21(22)26/h3-14H,2,16H2,1H3,(H,28,30).